The Labute approximate surface area is 121 Å². The van der Waals surface area contributed by atoms with Crippen LogP contribution in [0.15, 0.2) is 41.4 Å². The van der Waals surface area contributed by atoms with Gasteiger partial charge in [-0.25, -0.2) is 0 Å². The molecule has 0 aliphatic carbocycles. The lowest BCUT2D eigenvalue weighted by atomic mass is 10.2. The van der Waals surface area contributed by atoms with E-state index in [2.05, 4.69) is 45.1 Å². The molecule has 0 fully saturated rings. The van der Waals surface area contributed by atoms with Crippen LogP contribution >= 0.6 is 15.9 Å². The Bertz CT molecular complexity index is 546. The maximum Gasteiger partial charge on any atom is 0.150 e. The molecule has 0 atom stereocenters. The minimum atomic E-state index is 0.425. The highest BCUT2D eigenvalue weighted by Gasteiger charge is 2.06. The molecule has 0 bridgehead atoms. The number of nitrogens with one attached hydrogen (secondary N) is 1. The van der Waals surface area contributed by atoms with E-state index in [1.807, 2.05) is 12.1 Å². The maximum absolute atomic E-state index is 5.83. The fraction of sp³-hybridized carbons (Fsp3) is 0.286. The monoisotopic (exact) mass is 321 g/mol. The van der Waals surface area contributed by atoms with Crippen molar-refractivity contribution in [2.75, 3.05) is 0 Å². The summed E-state index contributed by atoms with van der Waals surface area (Å²) < 4.78 is 6.71. The van der Waals surface area contributed by atoms with E-state index in [1.54, 1.807) is 24.8 Å². The molecule has 0 aliphatic rings. The van der Waals surface area contributed by atoms with Gasteiger partial charge in [0.05, 0.1) is 12.4 Å². The molecule has 1 N–H and O–H groups in total. The number of aromatic nitrogens is 2. The number of rotatable bonds is 5. The van der Waals surface area contributed by atoms with Crippen molar-refractivity contribution >= 4 is 15.9 Å². The van der Waals surface area contributed by atoms with Crippen molar-refractivity contribution < 1.29 is 4.74 Å². The quantitative estimate of drug-likeness (QED) is 0.915. The van der Waals surface area contributed by atoms with E-state index in [1.165, 1.54) is 0 Å². The lowest BCUT2D eigenvalue weighted by Gasteiger charge is -2.12. The minimum Gasteiger partial charge on any atom is -0.454 e. The summed E-state index contributed by atoms with van der Waals surface area (Å²) in [6.45, 7) is 4.97. The molecule has 5 heteroatoms. The predicted octanol–water partition coefficient (Wildman–Crippen LogP) is 3.53. The molecule has 2 rings (SSSR count). The van der Waals surface area contributed by atoms with Crippen LogP contribution in [0.3, 0.4) is 0 Å². The van der Waals surface area contributed by atoms with Crippen molar-refractivity contribution in [3.8, 4) is 11.5 Å². The molecule has 0 unspecified atom stereocenters. The molecule has 0 aliphatic heterocycles. The van der Waals surface area contributed by atoms with Crippen molar-refractivity contribution in [2.24, 2.45) is 0 Å². The molecule has 0 saturated heterocycles. The molecule has 100 valence electrons. The van der Waals surface area contributed by atoms with E-state index in [4.69, 9.17) is 4.74 Å². The summed E-state index contributed by atoms with van der Waals surface area (Å²) in [5, 5.41) is 3.37. The van der Waals surface area contributed by atoms with Gasteiger partial charge in [0.15, 0.2) is 0 Å². The first-order chi connectivity index (χ1) is 9.15. The van der Waals surface area contributed by atoms with Gasteiger partial charge in [-0.05, 0) is 28.1 Å². The van der Waals surface area contributed by atoms with Gasteiger partial charge in [-0.1, -0.05) is 13.8 Å². The fourth-order valence-corrected chi connectivity index (χ4v) is 1.88. The van der Waals surface area contributed by atoms with Gasteiger partial charge >= 0.3 is 0 Å². The summed E-state index contributed by atoms with van der Waals surface area (Å²) in [6, 6.07) is 4.25. The maximum atomic E-state index is 5.83. The Kier molecular flexibility index (Phi) is 4.87. The molecule has 0 saturated carbocycles. The Hall–Kier alpha value is -1.46. The van der Waals surface area contributed by atoms with Crippen molar-refractivity contribution in [3.05, 3.63) is 47.0 Å². The van der Waals surface area contributed by atoms with Crippen LogP contribution < -0.4 is 10.1 Å². The first kappa shape index (κ1) is 14.0. The molecule has 0 aromatic carbocycles. The van der Waals surface area contributed by atoms with E-state index in [0.29, 0.717) is 11.8 Å². The first-order valence-electron chi connectivity index (χ1n) is 6.10. The first-order valence-corrected chi connectivity index (χ1v) is 6.89. The summed E-state index contributed by atoms with van der Waals surface area (Å²) >= 11 is 3.37. The summed E-state index contributed by atoms with van der Waals surface area (Å²) in [5.41, 5.74) is 1.07. The summed E-state index contributed by atoms with van der Waals surface area (Å²) in [7, 11) is 0. The van der Waals surface area contributed by atoms with Crippen LogP contribution in [0.4, 0.5) is 0 Å². The molecule has 19 heavy (non-hydrogen) atoms. The molecular formula is C14H16BrN3O. The molecule has 2 aromatic heterocycles. The molecule has 2 heterocycles. The molecule has 0 amide bonds. The summed E-state index contributed by atoms with van der Waals surface area (Å²) in [5.74, 6) is 1.43. The van der Waals surface area contributed by atoms with E-state index in [0.717, 1.165) is 22.3 Å². The molecule has 0 radical (unpaired) electrons. The number of ether oxygens (including phenoxy) is 1. The van der Waals surface area contributed by atoms with Crippen LogP contribution in [0.5, 0.6) is 11.5 Å². The van der Waals surface area contributed by atoms with Crippen LogP contribution in [-0.4, -0.2) is 16.0 Å². The fourth-order valence-electron chi connectivity index (χ4n) is 1.54. The average Bonchev–Trinajstić information content (AvgIpc) is 2.38. The second-order valence-corrected chi connectivity index (χ2v) is 5.38. The average molecular weight is 322 g/mol. The van der Waals surface area contributed by atoms with Crippen LogP contribution in [0.25, 0.3) is 0 Å². The second kappa shape index (κ2) is 6.63. The molecule has 2 aromatic rings. The van der Waals surface area contributed by atoms with Crippen LogP contribution in [0.2, 0.25) is 0 Å². The van der Waals surface area contributed by atoms with Crippen molar-refractivity contribution in [3.63, 3.8) is 0 Å². The number of nitrogens with zero attached hydrogens (tertiary/aromatic N) is 2. The number of hydrogen-bond donors (Lipinski definition) is 1. The van der Waals surface area contributed by atoms with E-state index >= 15 is 0 Å². The van der Waals surface area contributed by atoms with Gasteiger partial charge in [0, 0.05) is 35.0 Å². The Morgan fingerprint density at radius 1 is 1.26 bits per heavy atom. The highest BCUT2D eigenvalue weighted by molar-refractivity contribution is 9.10. The zero-order valence-corrected chi connectivity index (χ0v) is 12.5. The Balaban J connectivity index is 2.15. The highest BCUT2D eigenvalue weighted by Crippen LogP contribution is 2.25. The van der Waals surface area contributed by atoms with Crippen molar-refractivity contribution in [1.82, 2.24) is 15.3 Å². The van der Waals surface area contributed by atoms with Gasteiger partial charge in [0.25, 0.3) is 0 Å². The van der Waals surface area contributed by atoms with Gasteiger partial charge in [-0.15, -0.1) is 0 Å². The largest absolute Gasteiger partial charge is 0.454 e. The zero-order valence-electron chi connectivity index (χ0n) is 10.9. The van der Waals surface area contributed by atoms with E-state index < -0.39 is 0 Å². The lowest BCUT2D eigenvalue weighted by molar-refractivity contribution is 0.464. The lowest BCUT2D eigenvalue weighted by Crippen LogP contribution is -2.22. The molecular weight excluding hydrogens is 306 g/mol. The number of halogens is 1. The SMILES string of the molecule is CC(C)NCc1ccncc1Oc1cncc(Br)c1. The third-order valence-corrected chi connectivity index (χ3v) is 2.91. The zero-order chi connectivity index (χ0) is 13.7. The topological polar surface area (TPSA) is 47.0 Å². The van der Waals surface area contributed by atoms with E-state index in [9.17, 15) is 0 Å². The Morgan fingerprint density at radius 3 is 2.84 bits per heavy atom. The molecule has 0 spiro atoms. The molecule has 4 nitrogen and oxygen atoms in total. The second-order valence-electron chi connectivity index (χ2n) is 4.46. The number of pyridine rings is 2. The van der Waals surface area contributed by atoms with Crippen LogP contribution in [-0.2, 0) is 6.54 Å². The Morgan fingerprint density at radius 2 is 2.11 bits per heavy atom. The highest BCUT2D eigenvalue weighted by atomic mass is 79.9. The van der Waals surface area contributed by atoms with Crippen molar-refractivity contribution in [1.29, 1.82) is 0 Å². The van der Waals surface area contributed by atoms with Gasteiger partial charge < -0.3 is 10.1 Å². The summed E-state index contributed by atoms with van der Waals surface area (Å²) in [4.78, 5) is 8.18. The van der Waals surface area contributed by atoms with Crippen molar-refractivity contribution in [2.45, 2.75) is 26.4 Å². The van der Waals surface area contributed by atoms with Crippen LogP contribution in [0, 0.1) is 0 Å². The van der Waals surface area contributed by atoms with Crippen LogP contribution in [0.1, 0.15) is 19.4 Å². The van der Waals surface area contributed by atoms with Gasteiger partial charge in [0.1, 0.15) is 11.5 Å². The predicted molar refractivity (Wildman–Crippen MR) is 78.2 cm³/mol. The third-order valence-electron chi connectivity index (χ3n) is 2.48. The van der Waals surface area contributed by atoms with E-state index in [-0.39, 0.29) is 0 Å². The standard InChI is InChI=1S/C14H16BrN3O/c1-10(2)18-6-11-3-4-16-9-14(11)19-13-5-12(15)7-17-8-13/h3-5,7-10,18H,6H2,1-2H3. The smallest absolute Gasteiger partial charge is 0.150 e. The normalized spacial score (nSPS) is 10.7. The third kappa shape index (κ3) is 4.29. The van der Waals surface area contributed by atoms with Gasteiger partial charge in [0.2, 0.25) is 0 Å². The number of hydrogen-bond acceptors (Lipinski definition) is 4. The van der Waals surface area contributed by atoms with Gasteiger partial charge in [-0.3, -0.25) is 9.97 Å². The summed E-state index contributed by atoms with van der Waals surface area (Å²) in [6.07, 6.45) is 6.89. The minimum absolute atomic E-state index is 0.425. The van der Waals surface area contributed by atoms with Gasteiger partial charge in [-0.2, -0.15) is 0 Å².